The van der Waals surface area contributed by atoms with E-state index >= 15 is 0 Å². The van der Waals surface area contributed by atoms with Gasteiger partial charge in [0.25, 0.3) is 0 Å². The number of rotatable bonds is 5. The molecule has 0 spiro atoms. The summed E-state index contributed by atoms with van der Waals surface area (Å²) in [5, 5.41) is 3.86. The van der Waals surface area contributed by atoms with E-state index in [-0.39, 0.29) is 0 Å². The van der Waals surface area contributed by atoms with E-state index in [1.54, 1.807) is 6.07 Å². The second-order valence-electron chi connectivity index (χ2n) is 4.20. The smallest absolute Gasteiger partial charge is 0.129 e. The topological polar surface area (TPSA) is 34.1 Å². The normalized spacial score (nSPS) is 10.3. The molecular formula is C15H17ClN2O. The summed E-state index contributed by atoms with van der Waals surface area (Å²) in [6.45, 7) is 5.35. The van der Waals surface area contributed by atoms with Crippen molar-refractivity contribution in [3.8, 4) is 5.75 Å². The van der Waals surface area contributed by atoms with Gasteiger partial charge in [0.05, 0.1) is 18.0 Å². The van der Waals surface area contributed by atoms with Crippen molar-refractivity contribution < 1.29 is 4.74 Å². The largest absolute Gasteiger partial charge is 0.494 e. The lowest BCUT2D eigenvalue weighted by Gasteiger charge is -2.10. The van der Waals surface area contributed by atoms with E-state index in [2.05, 4.69) is 22.4 Å². The number of hydrogen-bond acceptors (Lipinski definition) is 3. The third-order valence-electron chi connectivity index (χ3n) is 2.77. The van der Waals surface area contributed by atoms with Crippen LogP contribution in [0.2, 0.25) is 5.15 Å². The van der Waals surface area contributed by atoms with Crippen LogP contribution in [0.4, 0.5) is 5.69 Å². The second-order valence-corrected chi connectivity index (χ2v) is 4.58. The zero-order valence-electron chi connectivity index (χ0n) is 11.1. The van der Waals surface area contributed by atoms with Gasteiger partial charge in [-0.1, -0.05) is 23.7 Å². The molecule has 0 saturated carbocycles. The Hall–Kier alpha value is -1.74. The Labute approximate surface area is 118 Å². The molecule has 100 valence electrons. The minimum Gasteiger partial charge on any atom is -0.494 e. The monoisotopic (exact) mass is 276 g/mol. The molecule has 0 unspecified atom stereocenters. The van der Waals surface area contributed by atoms with Gasteiger partial charge in [-0.15, -0.1) is 0 Å². The summed E-state index contributed by atoms with van der Waals surface area (Å²) >= 11 is 5.83. The van der Waals surface area contributed by atoms with Crippen LogP contribution in [-0.4, -0.2) is 11.6 Å². The molecular weight excluding hydrogens is 260 g/mol. The summed E-state index contributed by atoms with van der Waals surface area (Å²) in [7, 11) is 0. The highest BCUT2D eigenvalue weighted by Crippen LogP contribution is 2.17. The van der Waals surface area contributed by atoms with Crippen molar-refractivity contribution in [1.29, 1.82) is 0 Å². The highest BCUT2D eigenvalue weighted by molar-refractivity contribution is 6.29. The van der Waals surface area contributed by atoms with E-state index in [0.29, 0.717) is 11.8 Å². The number of benzene rings is 1. The number of aryl methyl sites for hydroxylation is 1. The highest BCUT2D eigenvalue weighted by atomic mass is 35.5. The highest BCUT2D eigenvalue weighted by Gasteiger charge is 2.01. The lowest BCUT2D eigenvalue weighted by Crippen LogP contribution is -2.02. The van der Waals surface area contributed by atoms with Crippen molar-refractivity contribution in [3.05, 3.63) is 52.8 Å². The lowest BCUT2D eigenvalue weighted by molar-refractivity contribution is 0.340. The van der Waals surface area contributed by atoms with Crippen LogP contribution in [0.25, 0.3) is 0 Å². The molecule has 1 aromatic carbocycles. The van der Waals surface area contributed by atoms with Gasteiger partial charge in [-0.25, -0.2) is 4.98 Å². The van der Waals surface area contributed by atoms with Gasteiger partial charge in [0.15, 0.2) is 0 Å². The predicted octanol–water partition coefficient (Wildman–Crippen LogP) is 4.05. The molecule has 0 aliphatic heterocycles. The average Bonchev–Trinajstić information content (AvgIpc) is 2.40. The molecule has 0 aliphatic carbocycles. The number of halogens is 1. The van der Waals surface area contributed by atoms with Crippen LogP contribution >= 0.6 is 11.6 Å². The van der Waals surface area contributed by atoms with E-state index < -0.39 is 0 Å². The van der Waals surface area contributed by atoms with E-state index in [1.165, 1.54) is 5.56 Å². The third-order valence-corrected chi connectivity index (χ3v) is 2.98. The molecule has 0 aliphatic rings. The zero-order valence-corrected chi connectivity index (χ0v) is 11.9. The van der Waals surface area contributed by atoms with Crippen molar-refractivity contribution in [2.75, 3.05) is 11.9 Å². The van der Waals surface area contributed by atoms with Crippen LogP contribution < -0.4 is 10.1 Å². The van der Waals surface area contributed by atoms with E-state index in [0.717, 1.165) is 23.7 Å². The fourth-order valence-corrected chi connectivity index (χ4v) is 1.97. The van der Waals surface area contributed by atoms with E-state index in [9.17, 15) is 0 Å². The van der Waals surface area contributed by atoms with Crippen LogP contribution in [0.5, 0.6) is 5.75 Å². The van der Waals surface area contributed by atoms with E-state index in [1.807, 2.05) is 32.0 Å². The molecule has 0 fully saturated rings. The Kier molecular flexibility index (Phi) is 4.63. The number of hydrogen-bond donors (Lipinski definition) is 1. The fourth-order valence-electron chi connectivity index (χ4n) is 1.78. The standard InChI is InChI=1S/C15H17ClN2O/c1-3-19-13-6-4-12(5-7-13)10-17-14-8-9-15(16)18-11(14)2/h4-9,17H,3,10H2,1-2H3. The molecule has 2 aromatic rings. The number of nitrogens with zero attached hydrogens (tertiary/aromatic N) is 1. The Morgan fingerprint density at radius 2 is 1.89 bits per heavy atom. The first-order valence-electron chi connectivity index (χ1n) is 6.28. The maximum absolute atomic E-state index is 5.83. The van der Waals surface area contributed by atoms with Crippen molar-refractivity contribution in [1.82, 2.24) is 4.98 Å². The van der Waals surface area contributed by atoms with Crippen molar-refractivity contribution in [2.45, 2.75) is 20.4 Å². The minimum atomic E-state index is 0.518. The molecule has 19 heavy (non-hydrogen) atoms. The fraction of sp³-hybridized carbons (Fsp3) is 0.267. The van der Waals surface area contributed by atoms with Crippen LogP contribution in [0.1, 0.15) is 18.2 Å². The van der Waals surface area contributed by atoms with Gasteiger partial charge < -0.3 is 10.1 Å². The predicted molar refractivity (Wildman–Crippen MR) is 78.9 cm³/mol. The summed E-state index contributed by atoms with van der Waals surface area (Å²) < 4.78 is 5.41. The first kappa shape index (κ1) is 13.7. The molecule has 0 atom stereocenters. The number of aromatic nitrogens is 1. The Bertz CT molecular complexity index is 540. The molecule has 0 radical (unpaired) electrons. The number of anilines is 1. The Morgan fingerprint density at radius 3 is 2.53 bits per heavy atom. The quantitative estimate of drug-likeness (QED) is 0.837. The molecule has 2 rings (SSSR count). The number of pyridine rings is 1. The lowest BCUT2D eigenvalue weighted by atomic mass is 10.2. The summed E-state index contributed by atoms with van der Waals surface area (Å²) in [5.41, 5.74) is 3.09. The van der Waals surface area contributed by atoms with Gasteiger partial charge in [-0.3, -0.25) is 0 Å². The third kappa shape index (κ3) is 3.86. The van der Waals surface area contributed by atoms with Gasteiger partial charge in [-0.2, -0.15) is 0 Å². The van der Waals surface area contributed by atoms with Crippen LogP contribution in [0.15, 0.2) is 36.4 Å². The molecule has 1 aromatic heterocycles. The maximum atomic E-state index is 5.83. The molecule has 0 amide bonds. The maximum Gasteiger partial charge on any atom is 0.129 e. The van der Waals surface area contributed by atoms with Crippen LogP contribution in [0.3, 0.4) is 0 Å². The van der Waals surface area contributed by atoms with Crippen molar-refractivity contribution in [2.24, 2.45) is 0 Å². The van der Waals surface area contributed by atoms with Gasteiger partial charge in [0, 0.05) is 6.54 Å². The first-order valence-corrected chi connectivity index (χ1v) is 6.65. The molecule has 3 nitrogen and oxygen atoms in total. The van der Waals surface area contributed by atoms with Crippen LogP contribution in [-0.2, 0) is 6.54 Å². The Balaban J connectivity index is 1.98. The number of nitrogens with one attached hydrogen (secondary N) is 1. The first-order chi connectivity index (χ1) is 9.19. The average molecular weight is 277 g/mol. The molecule has 1 N–H and O–H groups in total. The van der Waals surface area contributed by atoms with Gasteiger partial charge in [0.2, 0.25) is 0 Å². The summed E-state index contributed by atoms with van der Waals surface area (Å²) in [5.74, 6) is 0.899. The summed E-state index contributed by atoms with van der Waals surface area (Å²) in [4.78, 5) is 4.21. The Morgan fingerprint density at radius 1 is 1.16 bits per heavy atom. The SMILES string of the molecule is CCOc1ccc(CNc2ccc(Cl)nc2C)cc1. The van der Waals surface area contributed by atoms with Gasteiger partial charge in [0.1, 0.15) is 10.9 Å². The zero-order chi connectivity index (χ0) is 13.7. The number of ether oxygens (including phenoxy) is 1. The van der Waals surface area contributed by atoms with Crippen molar-refractivity contribution >= 4 is 17.3 Å². The van der Waals surface area contributed by atoms with Crippen LogP contribution in [0, 0.1) is 6.92 Å². The second kappa shape index (κ2) is 6.43. The molecule has 4 heteroatoms. The summed E-state index contributed by atoms with van der Waals surface area (Å²) in [6.07, 6.45) is 0. The minimum absolute atomic E-state index is 0.518. The summed E-state index contributed by atoms with van der Waals surface area (Å²) in [6, 6.07) is 11.8. The van der Waals surface area contributed by atoms with E-state index in [4.69, 9.17) is 16.3 Å². The van der Waals surface area contributed by atoms with Gasteiger partial charge >= 0.3 is 0 Å². The van der Waals surface area contributed by atoms with Gasteiger partial charge in [-0.05, 0) is 43.7 Å². The van der Waals surface area contributed by atoms with Crippen molar-refractivity contribution in [3.63, 3.8) is 0 Å². The molecule has 0 bridgehead atoms. The molecule has 0 saturated heterocycles. The molecule has 1 heterocycles.